The van der Waals surface area contributed by atoms with Gasteiger partial charge < -0.3 is 34.5 Å². The second-order valence-corrected chi connectivity index (χ2v) is 13.2. The van der Waals surface area contributed by atoms with E-state index >= 15 is 0 Å². The maximum atomic E-state index is 12.5. The highest BCUT2D eigenvalue weighted by Gasteiger charge is 2.36. The maximum Gasteiger partial charge on any atom is 0.513 e. The van der Waals surface area contributed by atoms with Crippen LogP contribution in [-0.2, 0) is 23.8 Å². The molecule has 1 rings (SSSR count). The van der Waals surface area contributed by atoms with Crippen molar-refractivity contribution in [2.75, 3.05) is 13.2 Å². The molecule has 0 aliphatic carbocycles. The van der Waals surface area contributed by atoms with E-state index < -0.39 is 48.2 Å². The molecule has 0 fully saturated rings. The fourth-order valence-electron chi connectivity index (χ4n) is 3.67. The first-order chi connectivity index (χ1) is 18.7. The van der Waals surface area contributed by atoms with Crippen LogP contribution in [0.5, 0.6) is 11.5 Å². The van der Waals surface area contributed by atoms with Crippen LogP contribution in [0, 0.1) is 22.7 Å². The van der Waals surface area contributed by atoms with Crippen LogP contribution in [0.3, 0.4) is 0 Å². The van der Waals surface area contributed by atoms with E-state index in [1.54, 1.807) is 13.8 Å². The lowest BCUT2D eigenvalue weighted by molar-refractivity contribution is -0.152. The molecule has 0 bridgehead atoms. The molecule has 0 spiro atoms. The van der Waals surface area contributed by atoms with Gasteiger partial charge in [0, 0.05) is 18.3 Å². The summed E-state index contributed by atoms with van der Waals surface area (Å²) in [6.07, 6.45) is -2.55. The van der Waals surface area contributed by atoms with Crippen molar-refractivity contribution in [3.05, 3.63) is 23.8 Å². The zero-order valence-corrected chi connectivity index (χ0v) is 25.9. The van der Waals surface area contributed by atoms with Crippen LogP contribution >= 0.6 is 0 Å². The fourth-order valence-corrected chi connectivity index (χ4v) is 3.67. The second kappa shape index (κ2) is 15.0. The molecule has 0 aliphatic rings. The van der Waals surface area contributed by atoms with Crippen LogP contribution in [0.25, 0.3) is 0 Å². The van der Waals surface area contributed by atoms with Crippen molar-refractivity contribution < 1.29 is 48.0 Å². The van der Waals surface area contributed by atoms with Crippen LogP contribution in [0.4, 0.5) is 9.59 Å². The molecule has 0 radical (unpaired) electrons. The van der Waals surface area contributed by atoms with Crippen LogP contribution in [0.1, 0.15) is 87.1 Å². The van der Waals surface area contributed by atoms with E-state index in [1.807, 2.05) is 55.4 Å². The molecule has 1 aromatic carbocycles. The number of hydrogen-bond acceptors (Lipinski definition) is 10. The Kier molecular flexibility index (Phi) is 13.1. The molecule has 232 valence electrons. The van der Waals surface area contributed by atoms with Crippen LogP contribution < -0.4 is 15.2 Å². The van der Waals surface area contributed by atoms with E-state index in [0.717, 1.165) is 0 Å². The molecule has 1 aromatic rings. The zero-order chi connectivity index (χ0) is 31.7. The highest BCUT2D eigenvalue weighted by molar-refractivity contribution is 5.75. The second-order valence-electron chi connectivity index (χ2n) is 13.2. The average molecular weight is 582 g/mol. The van der Waals surface area contributed by atoms with Crippen molar-refractivity contribution in [3.63, 3.8) is 0 Å². The van der Waals surface area contributed by atoms with Crippen LogP contribution in [0.15, 0.2) is 18.2 Å². The zero-order valence-electron chi connectivity index (χ0n) is 25.9. The number of esters is 1. The molecule has 0 amide bonds. The summed E-state index contributed by atoms with van der Waals surface area (Å²) in [7, 11) is 0. The Morgan fingerprint density at radius 2 is 1.32 bits per heavy atom. The van der Waals surface area contributed by atoms with Gasteiger partial charge in [-0.25, -0.2) is 9.59 Å². The van der Waals surface area contributed by atoms with Gasteiger partial charge in [-0.05, 0) is 41.4 Å². The SMILES string of the molecule is CC(C)CC(=O)OC(C)C(C)C(c1ccc(OC(=O)OCC(C)(C)C)c(OC(=O)OCC(C)(C)C)c1)[C@H](N)C(=O)O. The summed E-state index contributed by atoms with van der Waals surface area (Å²) < 4.78 is 26.6. The van der Waals surface area contributed by atoms with Gasteiger partial charge in [0.2, 0.25) is 0 Å². The normalized spacial score (nSPS) is 14.8. The van der Waals surface area contributed by atoms with E-state index in [2.05, 4.69) is 0 Å². The standard InChI is InChI=1S/C30H47NO10/c1-17(2)13-23(32)39-19(4)18(3)24(25(31)26(33)34)20-11-12-21(40-27(35)37-15-29(5,6)7)22(14-20)41-28(36)38-16-30(8,9)10/h11-12,14,17-19,24-25H,13,15-16,31H2,1-10H3,(H,33,34)/t18?,19?,24?,25-/m0/s1. The van der Waals surface area contributed by atoms with Gasteiger partial charge in [-0.1, -0.05) is 68.4 Å². The molecule has 3 unspecified atom stereocenters. The molecule has 3 N–H and O–H groups in total. The molecule has 11 heteroatoms. The van der Waals surface area contributed by atoms with Crippen LogP contribution in [-0.4, -0.2) is 54.7 Å². The molecular weight excluding hydrogens is 534 g/mol. The predicted molar refractivity (Wildman–Crippen MR) is 152 cm³/mol. The van der Waals surface area contributed by atoms with E-state index in [4.69, 9.17) is 29.4 Å². The van der Waals surface area contributed by atoms with Crippen molar-refractivity contribution in [3.8, 4) is 11.5 Å². The molecule has 0 heterocycles. The van der Waals surface area contributed by atoms with Gasteiger partial charge in [0.25, 0.3) is 0 Å². The summed E-state index contributed by atoms with van der Waals surface area (Å²) >= 11 is 0. The molecule has 0 saturated heterocycles. The summed E-state index contributed by atoms with van der Waals surface area (Å²) in [5.41, 5.74) is 5.81. The van der Waals surface area contributed by atoms with Gasteiger partial charge in [-0.2, -0.15) is 0 Å². The fraction of sp³-hybridized carbons (Fsp3) is 0.667. The number of benzene rings is 1. The summed E-state index contributed by atoms with van der Waals surface area (Å²) in [5, 5.41) is 9.78. The van der Waals surface area contributed by atoms with Gasteiger partial charge in [0.1, 0.15) is 12.1 Å². The Bertz CT molecular complexity index is 1050. The lowest BCUT2D eigenvalue weighted by Crippen LogP contribution is -2.42. The lowest BCUT2D eigenvalue weighted by atomic mass is 9.79. The first-order valence-electron chi connectivity index (χ1n) is 13.7. The molecule has 0 aliphatic heterocycles. The Labute approximate surface area is 243 Å². The highest BCUT2D eigenvalue weighted by Crippen LogP contribution is 2.37. The van der Waals surface area contributed by atoms with Crippen molar-refractivity contribution in [2.45, 2.75) is 93.7 Å². The highest BCUT2D eigenvalue weighted by atomic mass is 16.7. The summed E-state index contributed by atoms with van der Waals surface area (Å²) in [5.74, 6) is -3.40. The van der Waals surface area contributed by atoms with E-state index in [9.17, 15) is 24.3 Å². The molecule has 0 saturated carbocycles. The number of carboxylic acid groups (broad SMARTS) is 1. The number of nitrogens with two attached hydrogens (primary N) is 1. The largest absolute Gasteiger partial charge is 0.513 e. The van der Waals surface area contributed by atoms with Crippen molar-refractivity contribution in [1.82, 2.24) is 0 Å². The summed E-state index contributed by atoms with van der Waals surface area (Å²) in [4.78, 5) is 49.2. The first-order valence-corrected chi connectivity index (χ1v) is 13.7. The number of aliphatic carboxylic acids is 1. The minimum Gasteiger partial charge on any atom is -0.480 e. The monoisotopic (exact) mass is 581 g/mol. The number of carbonyl (C=O) groups excluding carboxylic acids is 3. The van der Waals surface area contributed by atoms with Crippen LogP contribution in [0.2, 0.25) is 0 Å². The average Bonchev–Trinajstić information content (AvgIpc) is 2.81. The predicted octanol–water partition coefficient (Wildman–Crippen LogP) is 5.92. The van der Waals surface area contributed by atoms with Crippen molar-refractivity contribution >= 4 is 24.2 Å². The molecule has 4 atom stereocenters. The molecule has 11 nitrogen and oxygen atoms in total. The Balaban J connectivity index is 3.43. The third-order valence-electron chi connectivity index (χ3n) is 5.86. The first kappa shape index (κ1) is 35.7. The number of hydrogen-bond donors (Lipinski definition) is 2. The van der Waals surface area contributed by atoms with Crippen molar-refractivity contribution in [1.29, 1.82) is 0 Å². The van der Waals surface area contributed by atoms with Gasteiger partial charge in [0.05, 0.1) is 13.2 Å². The lowest BCUT2D eigenvalue weighted by Gasteiger charge is -2.32. The summed E-state index contributed by atoms with van der Waals surface area (Å²) in [6, 6.07) is 2.81. The minimum atomic E-state index is -1.40. The maximum absolute atomic E-state index is 12.5. The molecular formula is C30H47NO10. The Hall–Kier alpha value is -3.34. The number of carbonyl (C=O) groups is 4. The summed E-state index contributed by atoms with van der Waals surface area (Å²) in [6.45, 7) is 18.5. The Morgan fingerprint density at radius 1 is 0.829 bits per heavy atom. The van der Waals surface area contributed by atoms with E-state index in [1.165, 1.54) is 18.2 Å². The number of rotatable bonds is 12. The van der Waals surface area contributed by atoms with Gasteiger partial charge in [-0.3, -0.25) is 9.59 Å². The third kappa shape index (κ3) is 13.2. The topological polar surface area (TPSA) is 161 Å². The number of carboxylic acids is 1. The number of ether oxygens (including phenoxy) is 5. The Morgan fingerprint density at radius 3 is 1.76 bits per heavy atom. The van der Waals surface area contributed by atoms with Crippen molar-refractivity contribution in [2.24, 2.45) is 28.4 Å². The minimum absolute atomic E-state index is 0.0537. The molecule has 0 aromatic heterocycles. The smallest absolute Gasteiger partial charge is 0.480 e. The van der Waals surface area contributed by atoms with Gasteiger partial charge in [0.15, 0.2) is 11.5 Å². The third-order valence-corrected chi connectivity index (χ3v) is 5.86. The van der Waals surface area contributed by atoms with E-state index in [-0.39, 0.29) is 47.9 Å². The molecule has 41 heavy (non-hydrogen) atoms. The van der Waals surface area contributed by atoms with Gasteiger partial charge in [-0.15, -0.1) is 0 Å². The van der Waals surface area contributed by atoms with Gasteiger partial charge >= 0.3 is 24.2 Å². The van der Waals surface area contributed by atoms with E-state index in [0.29, 0.717) is 5.56 Å². The quantitative estimate of drug-likeness (QED) is 0.171.